The minimum absolute atomic E-state index is 0.733. The Bertz CT molecular complexity index is 387. The normalized spacial score (nSPS) is 21.6. The van der Waals surface area contributed by atoms with Gasteiger partial charge in [0.2, 0.25) is 5.13 Å². The second kappa shape index (κ2) is 6.47. The standard InChI is InChI=1S/C11H20N4S2/c1-9-5-2-3-7-15(9)8-4-6-12-10-13-14-11(16)17-10/h9H,2-8H2,1H3,(H,12,13)(H,14,16). The van der Waals surface area contributed by atoms with E-state index in [2.05, 4.69) is 27.3 Å². The Morgan fingerprint density at radius 1 is 1.59 bits per heavy atom. The third-order valence-corrected chi connectivity index (χ3v) is 4.32. The summed E-state index contributed by atoms with van der Waals surface area (Å²) < 4.78 is 0.733. The van der Waals surface area contributed by atoms with E-state index >= 15 is 0 Å². The van der Waals surface area contributed by atoms with Crippen LogP contribution in [0.2, 0.25) is 0 Å². The van der Waals surface area contributed by atoms with Crippen LogP contribution in [0.15, 0.2) is 0 Å². The van der Waals surface area contributed by atoms with E-state index in [1.165, 1.54) is 43.7 Å². The maximum absolute atomic E-state index is 4.98. The molecule has 0 saturated carbocycles. The van der Waals surface area contributed by atoms with Crippen LogP contribution in [0.25, 0.3) is 0 Å². The number of hydrogen-bond donors (Lipinski definition) is 2. The van der Waals surface area contributed by atoms with Gasteiger partial charge >= 0.3 is 0 Å². The minimum atomic E-state index is 0.733. The molecular formula is C11H20N4S2. The number of anilines is 1. The molecule has 0 spiro atoms. The first kappa shape index (κ1) is 13.0. The van der Waals surface area contributed by atoms with Crippen molar-refractivity contribution >= 4 is 28.7 Å². The first-order valence-corrected chi connectivity index (χ1v) is 7.51. The molecule has 4 nitrogen and oxygen atoms in total. The highest BCUT2D eigenvalue weighted by atomic mass is 32.1. The van der Waals surface area contributed by atoms with Gasteiger partial charge in [-0.15, -0.1) is 5.10 Å². The van der Waals surface area contributed by atoms with Gasteiger partial charge in [-0.3, -0.25) is 5.10 Å². The predicted octanol–water partition coefficient (Wildman–Crippen LogP) is 2.88. The summed E-state index contributed by atoms with van der Waals surface area (Å²) in [7, 11) is 0. The van der Waals surface area contributed by atoms with E-state index < -0.39 is 0 Å². The van der Waals surface area contributed by atoms with Crippen molar-refractivity contribution in [2.24, 2.45) is 0 Å². The molecule has 1 aromatic heterocycles. The Kier molecular flexibility index (Phi) is 4.94. The molecule has 0 amide bonds. The zero-order chi connectivity index (χ0) is 12.1. The first-order chi connectivity index (χ1) is 8.25. The average Bonchev–Trinajstić information content (AvgIpc) is 2.73. The molecule has 0 aromatic carbocycles. The van der Waals surface area contributed by atoms with E-state index in [9.17, 15) is 0 Å². The highest BCUT2D eigenvalue weighted by Crippen LogP contribution is 2.16. The molecule has 96 valence electrons. The lowest BCUT2D eigenvalue weighted by Gasteiger charge is -2.33. The minimum Gasteiger partial charge on any atom is -0.360 e. The third-order valence-electron chi connectivity index (χ3n) is 3.28. The number of aromatic amines is 1. The fourth-order valence-electron chi connectivity index (χ4n) is 2.27. The van der Waals surface area contributed by atoms with Crippen molar-refractivity contribution in [3.63, 3.8) is 0 Å². The average molecular weight is 272 g/mol. The van der Waals surface area contributed by atoms with Crippen molar-refractivity contribution < 1.29 is 0 Å². The van der Waals surface area contributed by atoms with Gasteiger partial charge in [0.15, 0.2) is 3.95 Å². The molecule has 2 N–H and O–H groups in total. The van der Waals surface area contributed by atoms with Crippen molar-refractivity contribution in [3.05, 3.63) is 3.95 Å². The number of nitrogens with zero attached hydrogens (tertiary/aromatic N) is 2. The number of piperidine rings is 1. The summed E-state index contributed by atoms with van der Waals surface area (Å²) in [4.78, 5) is 2.59. The van der Waals surface area contributed by atoms with Gasteiger partial charge in [-0.1, -0.05) is 17.8 Å². The molecule has 1 fully saturated rings. The van der Waals surface area contributed by atoms with Crippen LogP contribution in [0.3, 0.4) is 0 Å². The molecule has 1 atom stereocenters. The van der Waals surface area contributed by atoms with Crippen LogP contribution in [0.1, 0.15) is 32.6 Å². The number of nitrogens with one attached hydrogen (secondary N) is 2. The van der Waals surface area contributed by atoms with Crippen LogP contribution >= 0.6 is 23.6 Å². The van der Waals surface area contributed by atoms with Crippen LogP contribution in [0.5, 0.6) is 0 Å². The van der Waals surface area contributed by atoms with Gasteiger partial charge < -0.3 is 10.2 Å². The van der Waals surface area contributed by atoms with E-state index in [1.807, 2.05) is 0 Å². The summed E-state index contributed by atoms with van der Waals surface area (Å²) in [6.07, 6.45) is 5.27. The summed E-state index contributed by atoms with van der Waals surface area (Å²) >= 11 is 6.48. The van der Waals surface area contributed by atoms with Gasteiger partial charge in [-0.05, 0) is 44.9 Å². The Morgan fingerprint density at radius 3 is 3.18 bits per heavy atom. The van der Waals surface area contributed by atoms with Gasteiger partial charge in [0.25, 0.3) is 0 Å². The van der Waals surface area contributed by atoms with Crippen molar-refractivity contribution in [2.45, 2.75) is 38.6 Å². The summed E-state index contributed by atoms with van der Waals surface area (Å²) in [5, 5.41) is 11.1. The highest BCUT2D eigenvalue weighted by Gasteiger charge is 2.16. The molecule has 1 unspecified atom stereocenters. The lowest BCUT2D eigenvalue weighted by molar-refractivity contribution is 0.160. The summed E-state index contributed by atoms with van der Waals surface area (Å²) in [5.41, 5.74) is 0. The van der Waals surface area contributed by atoms with Crippen molar-refractivity contribution in [1.29, 1.82) is 0 Å². The first-order valence-electron chi connectivity index (χ1n) is 6.29. The van der Waals surface area contributed by atoms with E-state index in [-0.39, 0.29) is 0 Å². The van der Waals surface area contributed by atoms with Gasteiger partial charge in [0, 0.05) is 19.1 Å². The van der Waals surface area contributed by atoms with Crippen LogP contribution < -0.4 is 5.32 Å². The lowest BCUT2D eigenvalue weighted by atomic mass is 10.0. The molecule has 0 radical (unpaired) electrons. The van der Waals surface area contributed by atoms with E-state index in [1.54, 1.807) is 0 Å². The maximum atomic E-state index is 4.98. The Balaban J connectivity index is 1.64. The van der Waals surface area contributed by atoms with E-state index in [0.29, 0.717) is 0 Å². The molecule has 6 heteroatoms. The second-order valence-corrected chi connectivity index (χ2v) is 6.25. The van der Waals surface area contributed by atoms with Gasteiger partial charge in [-0.25, -0.2) is 0 Å². The molecule has 0 aliphatic carbocycles. The van der Waals surface area contributed by atoms with Crippen molar-refractivity contribution in [2.75, 3.05) is 25.0 Å². The van der Waals surface area contributed by atoms with Crippen molar-refractivity contribution in [3.8, 4) is 0 Å². The van der Waals surface area contributed by atoms with Crippen molar-refractivity contribution in [1.82, 2.24) is 15.1 Å². The molecule has 1 aliphatic rings. The van der Waals surface area contributed by atoms with Crippen LogP contribution in [-0.4, -0.2) is 40.8 Å². The number of rotatable bonds is 5. The molecule has 1 aliphatic heterocycles. The molecule has 1 saturated heterocycles. The summed E-state index contributed by atoms with van der Waals surface area (Å²) in [6, 6.07) is 0.760. The number of likely N-dealkylation sites (tertiary alicyclic amines) is 1. The molecule has 2 heterocycles. The molecule has 17 heavy (non-hydrogen) atoms. The number of aromatic nitrogens is 2. The van der Waals surface area contributed by atoms with Gasteiger partial charge in [0.05, 0.1) is 0 Å². The van der Waals surface area contributed by atoms with E-state index in [4.69, 9.17) is 12.2 Å². The Labute approximate surface area is 111 Å². The smallest absolute Gasteiger partial charge is 0.204 e. The Hall–Kier alpha value is -0.460. The molecule has 2 rings (SSSR count). The Morgan fingerprint density at radius 2 is 2.47 bits per heavy atom. The monoisotopic (exact) mass is 272 g/mol. The second-order valence-electron chi connectivity index (χ2n) is 4.58. The topological polar surface area (TPSA) is 44.0 Å². The number of hydrogen-bond acceptors (Lipinski definition) is 5. The van der Waals surface area contributed by atoms with E-state index in [0.717, 1.165) is 28.1 Å². The molecular weight excluding hydrogens is 252 g/mol. The summed E-state index contributed by atoms with van der Waals surface area (Å²) in [6.45, 7) is 5.76. The van der Waals surface area contributed by atoms with Crippen LogP contribution in [-0.2, 0) is 0 Å². The van der Waals surface area contributed by atoms with Crippen LogP contribution in [0.4, 0.5) is 5.13 Å². The molecule has 0 bridgehead atoms. The van der Waals surface area contributed by atoms with Crippen LogP contribution in [0, 0.1) is 3.95 Å². The fraction of sp³-hybridized carbons (Fsp3) is 0.818. The highest BCUT2D eigenvalue weighted by molar-refractivity contribution is 7.73. The largest absolute Gasteiger partial charge is 0.360 e. The molecule has 1 aromatic rings. The maximum Gasteiger partial charge on any atom is 0.204 e. The quantitative estimate of drug-likeness (QED) is 0.639. The zero-order valence-corrected chi connectivity index (χ0v) is 11.9. The van der Waals surface area contributed by atoms with Gasteiger partial charge in [0.1, 0.15) is 0 Å². The predicted molar refractivity (Wildman–Crippen MR) is 75.3 cm³/mol. The SMILES string of the molecule is CC1CCCCN1CCCNc1n[nH]c(=S)s1. The summed E-state index contributed by atoms with van der Waals surface area (Å²) in [5.74, 6) is 0. The lowest BCUT2D eigenvalue weighted by Crippen LogP contribution is -2.38. The fourth-order valence-corrected chi connectivity index (χ4v) is 3.09. The number of H-pyrrole nitrogens is 1. The van der Waals surface area contributed by atoms with Gasteiger partial charge in [-0.2, -0.15) is 0 Å². The zero-order valence-electron chi connectivity index (χ0n) is 10.2. The third kappa shape index (κ3) is 4.04.